The Labute approximate surface area is 264 Å². The van der Waals surface area contributed by atoms with E-state index in [2.05, 4.69) is 193 Å². The van der Waals surface area contributed by atoms with Gasteiger partial charge in [0.05, 0.1) is 11.4 Å². The lowest BCUT2D eigenvalue weighted by atomic mass is 9.91. The van der Waals surface area contributed by atoms with Crippen LogP contribution in [0.2, 0.25) is 0 Å². The average molecular weight is 574 g/mol. The van der Waals surface area contributed by atoms with Crippen molar-refractivity contribution in [1.82, 2.24) is 0 Å². The van der Waals surface area contributed by atoms with Crippen molar-refractivity contribution in [3.63, 3.8) is 0 Å². The Kier molecular flexibility index (Phi) is 6.90. The van der Waals surface area contributed by atoms with E-state index >= 15 is 0 Å². The maximum atomic E-state index is 2.41. The SMILES string of the molecule is c1ccc(-c2ccc(-c3ccc(N(c4cccc5ccccc45)c4cccc5ccccc45)cc3)cc2-c2ccccc2)cc1. The number of hydrogen-bond donors (Lipinski definition) is 0. The van der Waals surface area contributed by atoms with Crippen molar-refractivity contribution >= 4 is 38.6 Å². The van der Waals surface area contributed by atoms with Crippen LogP contribution in [0.1, 0.15) is 0 Å². The minimum Gasteiger partial charge on any atom is -0.309 e. The maximum absolute atomic E-state index is 2.41. The Balaban J connectivity index is 1.26. The second-order valence-electron chi connectivity index (χ2n) is 11.4. The second kappa shape index (κ2) is 11.6. The normalized spacial score (nSPS) is 11.1. The van der Waals surface area contributed by atoms with E-state index in [4.69, 9.17) is 0 Å². The number of fused-ring (bicyclic) bond motifs is 2. The van der Waals surface area contributed by atoms with Gasteiger partial charge in [0.25, 0.3) is 0 Å². The fourth-order valence-electron chi connectivity index (χ4n) is 6.47. The molecule has 0 aliphatic carbocycles. The van der Waals surface area contributed by atoms with Gasteiger partial charge in [-0.2, -0.15) is 0 Å². The van der Waals surface area contributed by atoms with E-state index in [0.717, 1.165) is 17.1 Å². The lowest BCUT2D eigenvalue weighted by Crippen LogP contribution is -2.11. The molecule has 8 aromatic carbocycles. The first kappa shape index (κ1) is 26.7. The molecule has 8 rings (SSSR count). The van der Waals surface area contributed by atoms with Gasteiger partial charge in [-0.25, -0.2) is 0 Å². The Morgan fingerprint density at radius 1 is 0.289 bits per heavy atom. The highest BCUT2D eigenvalue weighted by molar-refractivity contribution is 6.04. The Morgan fingerprint density at radius 3 is 1.33 bits per heavy atom. The molecular formula is C44H31N. The molecule has 0 N–H and O–H groups in total. The highest BCUT2D eigenvalue weighted by Gasteiger charge is 2.18. The molecule has 45 heavy (non-hydrogen) atoms. The first-order valence-electron chi connectivity index (χ1n) is 15.4. The number of anilines is 3. The minimum atomic E-state index is 1.12. The third kappa shape index (κ3) is 5.05. The molecule has 0 aliphatic rings. The van der Waals surface area contributed by atoms with E-state index in [9.17, 15) is 0 Å². The van der Waals surface area contributed by atoms with Gasteiger partial charge in [-0.15, -0.1) is 0 Å². The zero-order chi connectivity index (χ0) is 30.0. The molecule has 0 spiro atoms. The van der Waals surface area contributed by atoms with Crippen LogP contribution in [0.3, 0.4) is 0 Å². The van der Waals surface area contributed by atoms with E-state index in [1.165, 1.54) is 54.9 Å². The minimum absolute atomic E-state index is 1.12. The van der Waals surface area contributed by atoms with Gasteiger partial charge in [0, 0.05) is 16.5 Å². The predicted molar refractivity (Wildman–Crippen MR) is 192 cm³/mol. The van der Waals surface area contributed by atoms with Crippen molar-refractivity contribution in [3.8, 4) is 33.4 Å². The molecule has 0 saturated heterocycles. The van der Waals surface area contributed by atoms with Gasteiger partial charge in [-0.1, -0.05) is 158 Å². The van der Waals surface area contributed by atoms with Crippen LogP contribution in [0.5, 0.6) is 0 Å². The molecule has 0 aliphatic heterocycles. The van der Waals surface area contributed by atoms with Gasteiger partial charge in [-0.3, -0.25) is 0 Å². The summed E-state index contributed by atoms with van der Waals surface area (Å²) in [6.07, 6.45) is 0. The lowest BCUT2D eigenvalue weighted by molar-refractivity contribution is 1.31. The monoisotopic (exact) mass is 573 g/mol. The molecule has 0 saturated carbocycles. The van der Waals surface area contributed by atoms with Crippen LogP contribution in [0.15, 0.2) is 188 Å². The molecule has 212 valence electrons. The van der Waals surface area contributed by atoms with E-state index < -0.39 is 0 Å². The molecule has 0 heterocycles. The summed E-state index contributed by atoms with van der Waals surface area (Å²) >= 11 is 0. The highest BCUT2D eigenvalue weighted by Crippen LogP contribution is 2.43. The van der Waals surface area contributed by atoms with Crippen LogP contribution in [0.25, 0.3) is 54.9 Å². The summed E-state index contributed by atoms with van der Waals surface area (Å²) in [5.41, 5.74) is 10.7. The van der Waals surface area contributed by atoms with E-state index in [1.54, 1.807) is 0 Å². The van der Waals surface area contributed by atoms with Crippen molar-refractivity contribution in [3.05, 3.63) is 188 Å². The van der Waals surface area contributed by atoms with Crippen LogP contribution in [-0.4, -0.2) is 0 Å². The Morgan fingerprint density at radius 2 is 0.756 bits per heavy atom. The third-order valence-corrected chi connectivity index (χ3v) is 8.66. The molecule has 1 heteroatoms. The van der Waals surface area contributed by atoms with Gasteiger partial charge in [-0.05, 0) is 74.5 Å². The van der Waals surface area contributed by atoms with Crippen molar-refractivity contribution in [2.45, 2.75) is 0 Å². The number of benzene rings is 8. The zero-order valence-corrected chi connectivity index (χ0v) is 24.8. The molecule has 8 aromatic rings. The smallest absolute Gasteiger partial charge is 0.0540 e. The maximum Gasteiger partial charge on any atom is 0.0540 e. The first-order chi connectivity index (χ1) is 22.3. The summed E-state index contributed by atoms with van der Waals surface area (Å²) in [5.74, 6) is 0. The molecule has 0 atom stereocenters. The Hall–Kier alpha value is -5.92. The number of rotatable bonds is 6. The summed E-state index contributed by atoms with van der Waals surface area (Å²) in [5, 5.41) is 4.90. The fraction of sp³-hybridized carbons (Fsp3) is 0. The Bertz CT molecular complexity index is 2160. The van der Waals surface area contributed by atoms with Crippen LogP contribution >= 0.6 is 0 Å². The molecule has 0 fully saturated rings. The summed E-state index contributed by atoms with van der Waals surface area (Å²) < 4.78 is 0. The van der Waals surface area contributed by atoms with Crippen LogP contribution in [-0.2, 0) is 0 Å². The lowest BCUT2D eigenvalue weighted by Gasteiger charge is -2.28. The van der Waals surface area contributed by atoms with Gasteiger partial charge in [0.15, 0.2) is 0 Å². The van der Waals surface area contributed by atoms with E-state index in [-0.39, 0.29) is 0 Å². The first-order valence-corrected chi connectivity index (χ1v) is 15.4. The molecule has 0 radical (unpaired) electrons. The molecule has 0 bridgehead atoms. The summed E-state index contributed by atoms with van der Waals surface area (Å²) in [6.45, 7) is 0. The molecule has 0 amide bonds. The van der Waals surface area contributed by atoms with Gasteiger partial charge < -0.3 is 4.90 Å². The topological polar surface area (TPSA) is 3.24 Å². The number of hydrogen-bond acceptors (Lipinski definition) is 1. The molecule has 1 nitrogen and oxygen atoms in total. The van der Waals surface area contributed by atoms with Crippen molar-refractivity contribution in [2.75, 3.05) is 4.90 Å². The van der Waals surface area contributed by atoms with Crippen molar-refractivity contribution in [1.29, 1.82) is 0 Å². The van der Waals surface area contributed by atoms with E-state index in [1.807, 2.05) is 0 Å². The van der Waals surface area contributed by atoms with Crippen molar-refractivity contribution < 1.29 is 0 Å². The second-order valence-corrected chi connectivity index (χ2v) is 11.4. The molecule has 0 unspecified atom stereocenters. The van der Waals surface area contributed by atoms with Crippen molar-refractivity contribution in [2.24, 2.45) is 0 Å². The van der Waals surface area contributed by atoms with E-state index in [0.29, 0.717) is 0 Å². The van der Waals surface area contributed by atoms with Crippen LogP contribution < -0.4 is 4.90 Å². The molecular weight excluding hydrogens is 542 g/mol. The highest BCUT2D eigenvalue weighted by atomic mass is 15.1. The predicted octanol–water partition coefficient (Wildman–Crippen LogP) is 12.5. The van der Waals surface area contributed by atoms with Gasteiger partial charge >= 0.3 is 0 Å². The van der Waals surface area contributed by atoms with Crippen LogP contribution in [0, 0.1) is 0 Å². The quantitative estimate of drug-likeness (QED) is 0.191. The summed E-state index contributed by atoms with van der Waals surface area (Å²) in [4.78, 5) is 2.41. The van der Waals surface area contributed by atoms with Gasteiger partial charge in [0.2, 0.25) is 0 Å². The zero-order valence-electron chi connectivity index (χ0n) is 24.8. The number of nitrogens with zero attached hydrogens (tertiary/aromatic N) is 1. The largest absolute Gasteiger partial charge is 0.309 e. The standard InChI is InChI=1S/C44H31N/c1-3-13-33(14-4-1)39-30-27-37(31-42(39)36-15-5-2-6-16-36)32-25-28-38(29-26-32)45(43-23-11-19-34-17-7-9-21-40(34)43)44-24-12-20-35-18-8-10-22-41(35)44/h1-31H. The third-order valence-electron chi connectivity index (χ3n) is 8.66. The summed E-state index contributed by atoms with van der Waals surface area (Å²) in [6, 6.07) is 67.6. The average Bonchev–Trinajstić information content (AvgIpc) is 3.13. The van der Waals surface area contributed by atoms with Gasteiger partial charge in [0.1, 0.15) is 0 Å². The fourth-order valence-corrected chi connectivity index (χ4v) is 6.47. The van der Waals surface area contributed by atoms with Crippen LogP contribution in [0.4, 0.5) is 17.1 Å². The molecule has 0 aromatic heterocycles. The summed E-state index contributed by atoms with van der Waals surface area (Å²) in [7, 11) is 0.